The van der Waals surface area contributed by atoms with Crippen molar-refractivity contribution >= 4 is 28.6 Å². The lowest BCUT2D eigenvalue weighted by molar-refractivity contribution is -0.119. The van der Waals surface area contributed by atoms with Crippen molar-refractivity contribution in [3.05, 3.63) is 34.9 Å². The van der Waals surface area contributed by atoms with Gasteiger partial charge in [0.1, 0.15) is 11.1 Å². The van der Waals surface area contributed by atoms with Gasteiger partial charge >= 0.3 is 0 Å². The van der Waals surface area contributed by atoms with Crippen molar-refractivity contribution in [1.29, 1.82) is 5.26 Å². The minimum atomic E-state index is 0.0282. The maximum absolute atomic E-state index is 12.4. The highest BCUT2D eigenvalue weighted by Gasteiger charge is 2.23. The summed E-state index contributed by atoms with van der Waals surface area (Å²) in [5.41, 5.74) is 3.74. The Hall–Kier alpha value is -2.06. The first kappa shape index (κ1) is 18.7. The number of thioether (sulfide) groups is 1. The second kappa shape index (κ2) is 8.09. The molecule has 0 spiro atoms. The van der Waals surface area contributed by atoms with E-state index in [0.29, 0.717) is 22.3 Å². The van der Waals surface area contributed by atoms with Crippen LogP contribution in [0.25, 0.3) is 10.9 Å². The number of amides is 1. The molecule has 1 aliphatic rings. The summed E-state index contributed by atoms with van der Waals surface area (Å²) in [6.45, 7) is 6.31. The van der Waals surface area contributed by atoms with Crippen LogP contribution in [0.5, 0.6) is 0 Å². The average Bonchev–Trinajstić information content (AvgIpc) is 2.64. The molecule has 1 fully saturated rings. The predicted octanol–water partition coefficient (Wildman–Crippen LogP) is 4.51. The fourth-order valence-corrected chi connectivity index (χ4v) is 4.34. The Morgan fingerprint density at radius 2 is 2.12 bits per heavy atom. The normalized spacial score (nSPS) is 19.9. The quantitative estimate of drug-likeness (QED) is 0.808. The van der Waals surface area contributed by atoms with E-state index in [4.69, 9.17) is 4.98 Å². The number of carbonyl (C=O) groups excluding carboxylic acids is 1. The van der Waals surface area contributed by atoms with Gasteiger partial charge in [0.05, 0.1) is 16.8 Å². The third-order valence-corrected chi connectivity index (χ3v) is 6.39. The molecule has 0 saturated heterocycles. The van der Waals surface area contributed by atoms with Gasteiger partial charge in [0.2, 0.25) is 5.91 Å². The number of hydrogen-bond acceptors (Lipinski definition) is 4. The van der Waals surface area contributed by atoms with Crippen LogP contribution in [0.4, 0.5) is 0 Å². The van der Waals surface area contributed by atoms with Gasteiger partial charge in [0.25, 0.3) is 0 Å². The molecule has 2 aromatic rings. The van der Waals surface area contributed by atoms with Gasteiger partial charge in [-0.25, -0.2) is 4.98 Å². The second-order valence-electron chi connectivity index (χ2n) is 7.26. The summed E-state index contributed by atoms with van der Waals surface area (Å²) in [5.74, 6) is 0.860. The van der Waals surface area contributed by atoms with Gasteiger partial charge in [0, 0.05) is 11.4 Å². The highest BCUT2D eigenvalue weighted by molar-refractivity contribution is 8.00. The van der Waals surface area contributed by atoms with Gasteiger partial charge in [-0.1, -0.05) is 43.7 Å². The van der Waals surface area contributed by atoms with Gasteiger partial charge in [-0.3, -0.25) is 4.79 Å². The maximum atomic E-state index is 12.4. The summed E-state index contributed by atoms with van der Waals surface area (Å²) in [4.78, 5) is 17.1. The molecule has 2 atom stereocenters. The Kier molecular flexibility index (Phi) is 5.83. The highest BCUT2D eigenvalue weighted by Crippen LogP contribution is 2.28. The SMILES string of the molecule is Cc1ccc2cc(C#N)c(SCC(=O)N[C@H]3CCCC[C@H]3C)nc2c1C. The van der Waals surface area contributed by atoms with Crippen molar-refractivity contribution in [3.8, 4) is 6.07 Å². The number of nitrogens with one attached hydrogen (secondary N) is 1. The molecule has 0 radical (unpaired) electrons. The number of carbonyl (C=O) groups is 1. The van der Waals surface area contributed by atoms with Crippen LogP contribution in [0.15, 0.2) is 23.2 Å². The fourth-order valence-electron chi connectivity index (χ4n) is 3.57. The van der Waals surface area contributed by atoms with E-state index in [9.17, 15) is 10.1 Å². The topological polar surface area (TPSA) is 65.8 Å². The molecule has 0 unspecified atom stereocenters. The van der Waals surface area contributed by atoms with Crippen molar-refractivity contribution in [3.63, 3.8) is 0 Å². The summed E-state index contributed by atoms with van der Waals surface area (Å²) < 4.78 is 0. The Morgan fingerprint density at radius 3 is 2.85 bits per heavy atom. The van der Waals surface area contributed by atoms with E-state index in [2.05, 4.69) is 25.2 Å². The zero-order valence-corrected chi connectivity index (χ0v) is 16.4. The van der Waals surface area contributed by atoms with E-state index in [1.807, 2.05) is 25.1 Å². The number of hydrogen-bond donors (Lipinski definition) is 1. The molecule has 1 aliphatic carbocycles. The number of aromatic nitrogens is 1. The molecule has 3 rings (SSSR count). The maximum Gasteiger partial charge on any atom is 0.230 e. The largest absolute Gasteiger partial charge is 0.352 e. The summed E-state index contributed by atoms with van der Waals surface area (Å²) in [5, 5.41) is 14.2. The Morgan fingerprint density at radius 1 is 1.35 bits per heavy atom. The zero-order valence-electron chi connectivity index (χ0n) is 15.6. The lowest BCUT2D eigenvalue weighted by Gasteiger charge is -2.29. The first-order chi connectivity index (χ1) is 12.5. The molecular weight excluding hydrogens is 342 g/mol. The standard InChI is InChI=1S/C21H25N3OS/c1-13-8-9-16-10-17(11-22)21(24-20(16)15(13)3)26-12-19(25)23-18-7-5-4-6-14(18)2/h8-10,14,18H,4-7,12H2,1-3H3,(H,23,25)/t14-,18+/m1/s1. The molecule has 1 saturated carbocycles. The molecule has 0 aliphatic heterocycles. The van der Waals surface area contributed by atoms with Crippen LogP contribution in [0.1, 0.15) is 49.3 Å². The summed E-state index contributed by atoms with van der Waals surface area (Å²) in [6.07, 6.45) is 4.69. The smallest absolute Gasteiger partial charge is 0.230 e. The third-order valence-electron chi connectivity index (χ3n) is 5.39. The Balaban J connectivity index is 1.74. The van der Waals surface area contributed by atoms with Gasteiger partial charge in [0.15, 0.2) is 0 Å². The van der Waals surface area contributed by atoms with Crippen molar-refractivity contribution in [2.45, 2.75) is 57.5 Å². The average molecular weight is 368 g/mol. The number of aryl methyl sites for hydroxylation is 2. The predicted molar refractivity (Wildman–Crippen MR) is 106 cm³/mol. The van der Waals surface area contributed by atoms with Crippen LogP contribution in [-0.2, 0) is 4.79 Å². The lowest BCUT2D eigenvalue weighted by Crippen LogP contribution is -2.41. The first-order valence-electron chi connectivity index (χ1n) is 9.23. The van der Waals surface area contributed by atoms with Crippen molar-refractivity contribution in [2.75, 3.05) is 5.75 Å². The van der Waals surface area contributed by atoms with Gasteiger partial charge in [-0.15, -0.1) is 0 Å². The molecular formula is C21H25N3OS. The molecule has 136 valence electrons. The molecule has 1 aromatic carbocycles. The summed E-state index contributed by atoms with van der Waals surface area (Å²) >= 11 is 1.35. The van der Waals surface area contributed by atoms with E-state index in [0.717, 1.165) is 22.9 Å². The third kappa shape index (κ3) is 4.02. The Bertz CT molecular complexity index is 872. The number of rotatable bonds is 4. The van der Waals surface area contributed by atoms with Crippen LogP contribution >= 0.6 is 11.8 Å². The molecule has 1 amide bonds. The minimum absolute atomic E-state index is 0.0282. The highest BCUT2D eigenvalue weighted by atomic mass is 32.2. The summed E-state index contributed by atoms with van der Waals surface area (Å²) in [6, 6.07) is 8.42. The van der Waals surface area contributed by atoms with Gasteiger partial charge in [-0.2, -0.15) is 5.26 Å². The molecule has 5 heteroatoms. The van der Waals surface area contributed by atoms with Gasteiger partial charge < -0.3 is 5.32 Å². The number of benzene rings is 1. The van der Waals surface area contributed by atoms with E-state index in [1.165, 1.54) is 36.6 Å². The first-order valence-corrected chi connectivity index (χ1v) is 10.2. The van der Waals surface area contributed by atoms with Gasteiger partial charge in [-0.05, 0) is 49.8 Å². The van der Waals surface area contributed by atoms with E-state index in [-0.39, 0.29) is 11.9 Å². The van der Waals surface area contributed by atoms with Crippen LogP contribution < -0.4 is 5.32 Å². The molecule has 0 bridgehead atoms. The molecule has 26 heavy (non-hydrogen) atoms. The second-order valence-corrected chi connectivity index (χ2v) is 8.22. The van der Waals surface area contributed by atoms with Crippen LogP contribution in [-0.4, -0.2) is 22.7 Å². The number of pyridine rings is 1. The number of nitriles is 1. The summed E-state index contributed by atoms with van der Waals surface area (Å²) in [7, 11) is 0. The minimum Gasteiger partial charge on any atom is -0.352 e. The lowest BCUT2D eigenvalue weighted by atomic mass is 9.86. The molecule has 1 heterocycles. The molecule has 4 nitrogen and oxygen atoms in total. The Labute approximate surface area is 159 Å². The van der Waals surface area contributed by atoms with Crippen molar-refractivity contribution in [1.82, 2.24) is 10.3 Å². The van der Waals surface area contributed by atoms with E-state index < -0.39 is 0 Å². The fraction of sp³-hybridized carbons (Fsp3) is 0.476. The van der Waals surface area contributed by atoms with E-state index in [1.54, 1.807) is 0 Å². The molecule has 1 N–H and O–H groups in total. The molecule has 1 aromatic heterocycles. The van der Waals surface area contributed by atoms with Crippen LogP contribution in [0, 0.1) is 31.1 Å². The monoisotopic (exact) mass is 367 g/mol. The zero-order chi connectivity index (χ0) is 18.7. The van der Waals surface area contributed by atoms with E-state index >= 15 is 0 Å². The number of fused-ring (bicyclic) bond motifs is 1. The van der Waals surface area contributed by atoms with Crippen LogP contribution in [0.3, 0.4) is 0 Å². The van der Waals surface area contributed by atoms with Crippen molar-refractivity contribution < 1.29 is 4.79 Å². The van der Waals surface area contributed by atoms with Crippen LogP contribution in [0.2, 0.25) is 0 Å². The van der Waals surface area contributed by atoms with Crippen molar-refractivity contribution in [2.24, 2.45) is 5.92 Å². The number of nitrogens with zero attached hydrogens (tertiary/aromatic N) is 2.